The zero-order valence-electron chi connectivity index (χ0n) is 18.9. The molecule has 0 unspecified atom stereocenters. The van der Waals surface area contributed by atoms with Crippen LogP contribution in [-0.4, -0.2) is 23.8 Å². The molecule has 7 heteroatoms. The van der Waals surface area contributed by atoms with E-state index >= 15 is 0 Å². The van der Waals surface area contributed by atoms with Crippen molar-refractivity contribution in [2.75, 3.05) is 6.61 Å². The van der Waals surface area contributed by atoms with Crippen molar-refractivity contribution >= 4 is 34.3 Å². The zero-order valence-corrected chi connectivity index (χ0v) is 18.9. The fourth-order valence-corrected chi connectivity index (χ4v) is 3.49. The van der Waals surface area contributed by atoms with E-state index in [0.29, 0.717) is 17.0 Å². The monoisotopic (exact) mass is 452 g/mol. The van der Waals surface area contributed by atoms with Crippen LogP contribution in [-0.2, 0) is 4.79 Å². The molecule has 0 heterocycles. The Balaban J connectivity index is 1.39. The van der Waals surface area contributed by atoms with Crippen molar-refractivity contribution in [3.8, 4) is 11.5 Å². The molecule has 1 amide bonds. The number of hydrogen-bond donors (Lipinski definition) is 2. The molecule has 0 aliphatic carbocycles. The van der Waals surface area contributed by atoms with Crippen LogP contribution in [0.1, 0.15) is 16.7 Å². The van der Waals surface area contributed by atoms with E-state index in [1.165, 1.54) is 12.3 Å². The van der Waals surface area contributed by atoms with Gasteiger partial charge in [0.05, 0.1) is 17.6 Å². The number of nitrogens with one attached hydrogen (secondary N) is 1. The molecule has 0 radical (unpaired) electrons. The molecular formula is C27H24N4O3. The molecule has 0 aliphatic heterocycles. The Morgan fingerprint density at radius 1 is 0.941 bits per heavy atom. The Kier molecular flexibility index (Phi) is 6.93. The van der Waals surface area contributed by atoms with Gasteiger partial charge < -0.3 is 9.84 Å². The van der Waals surface area contributed by atoms with E-state index in [4.69, 9.17) is 4.74 Å². The molecule has 7 nitrogen and oxygen atoms in total. The summed E-state index contributed by atoms with van der Waals surface area (Å²) < 4.78 is 5.52. The van der Waals surface area contributed by atoms with Crippen LogP contribution in [0.2, 0.25) is 0 Å². The largest absolute Gasteiger partial charge is 0.507 e. The first-order chi connectivity index (χ1) is 16.5. The molecule has 0 saturated heterocycles. The molecule has 0 bridgehead atoms. The topological polar surface area (TPSA) is 95.6 Å². The van der Waals surface area contributed by atoms with Crippen LogP contribution < -0.4 is 10.2 Å². The van der Waals surface area contributed by atoms with Gasteiger partial charge >= 0.3 is 0 Å². The van der Waals surface area contributed by atoms with Gasteiger partial charge in [0.2, 0.25) is 0 Å². The van der Waals surface area contributed by atoms with Gasteiger partial charge in [-0.25, -0.2) is 5.43 Å². The number of nitrogens with zero attached hydrogens (tertiary/aromatic N) is 3. The Hall–Kier alpha value is -4.52. The lowest BCUT2D eigenvalue weighted by Crippen LogP contribution is -2.24. The Morgan fingerprint density at radius 2 is 1.71 bits per heavy atom. The van der Waals surface area contributed by atoms with Gasteiger partial charge in [0.15, 0.2) is 6.61 Å². The summed E-state index contributed by atoms with van der Waals surface area (Å²) >= 11 is 0. The molecule has 4 aromatic rings. The predicted molar refractivity (Wildman–Crippen MR) is 133 cm³/mol. The molecule has 0 fully saturated rings. The van der Waals surface area contributed by atoms with Crippen LogP contribution in [0.4, 0.5) is 11.4 Å². The van der Waals surface area contributed by atoms with Gasteiger partial charge in [0.1, 0.15) is 11.5 Å². The number of hydrogen-bond acceptors (Lipinski definition) is 6. The highest BCUT2D eigenvalue weighted by atomic mass is 16.5. The maximum atomic E-state index is 12.0. The number of phenols is 1. The van der Waals surface area contributed by atoms with Gasteiger partial charge in [-0.2, -0.15) is 10.2 Å². The zero-order chi connectivity index (χ0) is 23.9. The molecule has 4 aromatic carbocycles. The highest BCUT2D eigenvalue weighted by molar-refractivity contribution is 5.92. The minimum atomic E-state index is -0.415. The van der Waals surface area contributed by atoms with Gasteiger partial charge in [-0.1, -0.05) is 42.5 Å². The lowest BCUT2D eigenvalue weighted by molar-refractivity contribution is -0.123. The van der Waals surface area contributed by atoms with Gasteiger partial charge in [-0.15, -0.1) is 5.11 Å². The van der Waals surface area contributed by atoms with Crippen LogP contribution in [0.15, 0.2) is 94.2 Å². The molecule has 0 saturated carbocycles. The molecule has 0 aliphatic rings. The first kappa shape index (κ1) is 22.7. The summed E-state index contributed by atoms with van der Waals surface area (Å²) in [7, 11) is 0. The number of hydrazone groups is 1. The molecule has 0 atom stereocenters. The minimum absolute atomic E-state index is 0.00796. The number of fused-ring (bicyclic) bond motifs is 1. The summed E-state index contributed by atoms with van der Waals surface area (Å²) in [5.41, 5.74) is 6.19. The van der Waals surface area contributed by atoms with E-state index in [-0.39, 0.29) is 12.4 Å². The van der Waals surface area contributed by atoms with Crippen molar-refractivity contribution in [1.29, 1.82) is 0 Å². The van der Waals surface area contributed by atoms with E-state index in [1.807, 2.05) is 74.5 Å². The van der Waals surface area contributed by atoms with Crippen molar-refractivity contribution in [2.24, 2.45) is 15.3 Å². The van der Waals surface area contributed by atoms with Crippen LogP contribution >= 0.6 is 0 Å². The average Bonchev–Trinajstić information content (AvgIpc) is 2.82. The second-order valence-corrected chi connectivity index (χ2v) is 7.85. The molecule has 170 valence electrons. The number of azo groups is 1. The van der Waals surface area contributed by atoms with Crippen molar-refractivity contribution in [3.05, 3.63) is 95.6 Å². The number of aromatic hydroxyl groups is 1. The standard InChI is InChI=1S/C27H24N4O3/c1-18-12-19(2)14-23(13-18)34-17-27(33)31-28-16-21-15-22(10-11-26(21)32)29-30-25-9-5-7-20-6-3-4-8-24(20)25/h3-16,32H,17H2,1-2H3,(H,31,33). The van der Waals surface area contributed by atoms with Gasteiger partial charge in [-0.3, -0.25) is 4.79 Å². The number of phenolic OH excluding ortho intramolecular Hbond substituents is 1. The van der Waals surface area contributed by atoms with E-state index in [1.54, 1.807) is 12.1 Å². The fraction of sp³-hybridized carbons (Fsp3) is 0.111. The first-order valence-corrected chi connectivity index (χ1v) is 10.7. The van der Waals surface area contributed by atoms with Gasteiger partial charge in [-0.05, 0) is 66.8 Å². The van der Waals surface area contributed by atoms with Gasteiger partial charge in [0.25, 0.3) is 5.91 Å². The lowest BCUT2D eigenvalue weighted by atomic mass is 10.1. The number of amides is 1. The highest BCUT2D eigenvalue weighted by Gasteiger charge is 2.05. The van der Waals surface area contributed by atoms with Crippen molar-refractivity contribution in [1.82, 2.24) is 5.43 Å². The fourth-order valence-electron chi connectivity index (χ4n) is 3.49. The molecular weight excluding hydrogens is 428 g/mol. The number of benzene rings is 4. The third kappa shape index (κ3) is 5.83. The molecule has 34 heavy (non-hydrogen) atoms. The van der Waals surface area contributed by atoms with Crippen molar-refractivity contribution in [2.45, 2.75) is 13.8 Å². The van der Waals surface area contributed by atoms with Crippen LogP contribution in [0.5, 0.6) is 11.5 Å². The van der Waals surface area contributed by atoms with Crippen molar-refractivity contribution < 1.29 is 14.6 Å². The smallest absolute Gasteiger partial charge is 0.277 e. The van der Waals surface area contributed by atoms with E-state index in [2.05, 4.69) is 20.8 Å². The van der Waals surface area contributed by atoms with E-state index < -0.39 is 5.91 Å². The summed E-state index contributed by atoms with van der Waals surface area (Å²) in [6.45, 7) is 3.75. The average molecular weight is 453 g/mol. The summed E-state index contributed by atoms with van der Waals surface area (Å²) in [4.78, 5) is 12.0. The summed E-state index contributed by atoms with van der Waals surface area (Å²) in [6, 6.07) is 24.3. The van der Waals surface area contributed by atoms with Crippen LogP contribution in [0.3, 0.4) is 0 Å². The summed E-state index contributed by atoms with van der Waals surface area (Å²) in [5, 5.41) is 24.8. The minimum Gasteiger partial charge on any atom is -0.507 e. The summed E-state index contributed by atoms with van der Waals surface area (Å²) in [5.74, 6) is 0.217. The molecule has 0 spiro atoms. The number of aryl methyl sites for hydroxylation is 2. The SMILES string of the molecule is Cc1cc(C)cc(OCC(=O)NN=Cc2cc(N=Nc3cccc4ccccc34)ccc2O)c1. The first-order valence-electron chi connectivity index (χ1n) is 10.7. The normalized spacial score (nSPS) is 11.4. The van der Waals surface area contributed by atoms with Crippen LogP contribution in [0.25, 0.3) is 10.8 Å². The maximum absolute atomic E-state index is 12.0. The maximum Gasteiger partial charge on any atom is 0.277 e. The second-order valence-electron chi connectivity index (χ2n) is 7.85. The summed E-state index contributed by atoms with van der Waals surface area (Å²) in [6.07, 6.45) is 1.35. The number of carbonyl (C=O) groups excluding carboxylic acids is 1. The van der Waals surface area contributed by atoms with E-state index in [9.17, 15) is 9.90 Å². The quantitative estimate of drug-likeness (QED) is 0.201. The highest BCUT2D eigenvalue weighted by Crippen LogP contribution is 2.28. The number of ether oxygens (including phenoxy) is 1. The Morgan fingerprint density at radius 3 is 2.53 bits per heavy atom. The second kappa shape index (κ2) is 10.4. The number of carbonyl (C=O) groups is 1. The molecule has 2 N–H and O–H groups in total. The van der Waals surface area contributed by atoms with Crippen LogP contribution in [0, 0.1) is 13.8 Å². The lowest BCUT2D eigenvalue weighted by Gasteiger charge is -2.07. The predicted octanol–water partition coefficient (Wildman–Crippen LogP) is 6.11. The third-order valence-electron chi connectivity index (χ3n) is 5.01. The number of rotatable bonds is 7. The van der Waals surface area contributed by atoms with Gasteiger partial charge in [0, 0.05) is 10.9 Å². The van der Waals surface area contributed by atoms with Crippen molar-refractivity contribution in [3.63, 3.8) is 0 Å². The third-order valence-corrected chi connectivity index (χ3v) is 5.01. The van der Waals surface area contributed by atoms with E-state index in [0.717, 1.165) is 27.6 Å². The molecule has 0 aromatic heterocycles. The Bertz CT molecular complexity index is 1370. The molecule has 4 rings (SSSR count). The Labute approximate surface area is 197 Å².